The predicted molar refractivity (Wildman–Crippen MR) is 113 cm³/mol. The average molecular weight is 410 g/mol. The number of carbonyl (C=O) groups excluding carboxylic acids is 1. The van der Waals surface area contributed by atoms with Gasteiger partial charge in [-0.25, -0.2) is 4.68 Å². The summed E-state index contributed by atoms with van der Waals surface area (Å²) < 4.78 is 6.94. The number of carbonyl (C=O) groups is 1. The zero-order valence-corrected chi connectivity index (χ0v) is 16.9. The van der Waals surface area contributed by atoms with Crippen LogP contribution in [0.15, 0.2) is 65.8 Å². The van der Waals surface area contributed by atoms with Gasteiger partial charge in [0, 0.05) is 25.8 Å². The molecule has 1 aliphatic heterocycles. The molecule has 4 rings (SSSR count). The minimum Gasteiger partial charge on any atom is -0.385 e. The second kappa shape index (κ2) is 9.11. The third-order valence-electron chi connectivity index (χ3n) is 4.71. The highest BCUT2D eigenvalue weighted by Gasteiger charge is 2.37. The monoisotopic (exact) mass is 409 g/mol. The molecule has 29 heavy (non-hydrogen) atoms. The lowest BCUT2D eigenvalue weighted by Gasteiger charge is -2.33. The highest BCUT2D eigenvalue weighted by Crippen LogP contribution is 2.38. The molecule has 7 nitrogen and oxygen atoms in total. The number of methoxy groups -OCH3 is 1. The molecule has 0 saturated heterocycles. The lowest BCUT2D eigenvalue weighted by Crippen LogP contribution is -2.44. The van der Waals surface area contributed by atoms with Crippen molar-refractivity contribution < 1.29 is 9.53 Å². The van der Waals surface area contributed by atoms with Crippen LogP contribution in [0.25, 0.3) is 11.4 Å². The molecule has 2 aromatic carbocycles. The Bertz CT molecular complexity index is 948. The molecule has 0 unspecified atom stereocenters. The number of thioether (sulfide) groups is 1. The Balaban J connectivity index is 1.62. The molecule has 2 atom stereocenters. The van der Waals surface area contributed by atoms with Crippen molar-refractivity contribution in [2.75, 3.05) is 25.7 Å². The number of amides is 1. The van der Waals surface area contributed by atoms with Gasteiger partial charge < -0.3 is 15.5 Å². The Morgan fingerprint density at radius 2 is 1.86 bits per heavy atom. The van der Waals surface area contributed by atoms with Crippen molar-refractivity contribution in [3.8, 4) is 11.4 Å². The van der Waals surface area contributed by atoms with Gasteiger partial charge in [0.2, 0.25) is 11.1 Å². The first-order valence-corrected chi connectivity index (χ1v) is 10.4. The van der Waals surface area contributed by atoms with Gasteiger partial charge in [-0.2, -0.15) is 0 Å². The molecule has 0 spiro atoms. The van der Waals surface area contributed by atoms with E-state index in [1.54, 1.807) is 7.11 Å². The van der Waals surface area contributed by atoms with Gasteiger partial charge in [-0.05, 0) is 12.0 Å². The summed E-state index contributed by atoms with van der Waals surface area (Å²) in [6.07, 6.45) is 0.775. The van der Waals surface area contributed by atoms with E-state index >= 15 is 0 Å². The van der Waals surface area contributed by atoms with Crippen LogP contribution in [0.5, 0.6) is 0 Å². The topological polar surface area (TPSA) is 81.1 Å². The lowest BCUT2D eigenvalue weighted by atomic mass is 10.0. The van der Waals surface area contributed by atoms with Gasteiger partial charge in [-0.15, -0.1) is 10.2 Å². The maximum Gasteiger partial charge on any atom is 0.236 e. The molecule has 0 aliphatic carbocycles. The number of ether oxygens (including phenoxy) is 1. The van der Waals surface area contributed by atoms with E-state index in [9.17, 15) is 4.79 Å². The van der Waals surface area contributed by atoms with E-state index < -0.39 is 0 Å². The molecule has 1 aliphatic rings. The molecule has 2 heterocycles. The van der Waals surface area contributed by atoms with Crippen molar-refractivity contribution in [1.82, 2.24) is 20.2 Å². The Labute approximate surface area is 173 Å². The summed E-state index contributed by atoms with van der Waals surface area (Å²) in [5.41, 5.74) is 5.48. The van der Waals surface area contributed by atoms with Crippen molar-refractivity contribution in [3.63, 3.8) is 0 Å². The van der Waals surface area contributed by atoms with E-state index in [4.69, 9.17) is 4.74 Å². The van der Waals surface area contributed by atoms with E-state index in [1.165, 1.54) is 11.8 Å². The minimum absolute atomic E-state index is 0.0250. The average Bonchev–Trinajstić information content (AvgIpc) is 3.20. The van der Waals surface area contributed by atoms with Gasteiger partial charge in [-0.1, -0.05) is 72.4 Å². The third-order valence-corrected chi connectivity index (χ3v) is 5.93. The van der Waals surface area contributed by atoms with Crippen LogP contribution in [0.4, 0.5) is 0 Å². The summed E-state index contributed by atoms with van der Waals surface area (Å²) in [6, 6.07) is 19.7. The normalized spacial score (nSPS) is 18.0. The molecule has 1 amide bonds. The first kappa shape index (κ1) is 19.5. The van der Waals surface area contributed by atoms with E-state index in [0.29, 0.717) is 18.3 Å². The van der Waals surface area contributed by atoms with Crippen LogP contribution < -0.4 is 10.7 Å². The molecular weight excluding hydrogens is 386 g/mol. The van der Waals surface area contributed by atoms with Crippen LogP contribution in [0.3, 0.4) is 0 Å². The highest BCUT2D eigenvalue weighted by atomic mass is 32.2. The SMILES string of the molecule is COCCCNC(=O)[C@H]1Sc2nnc(-c3ccccc3)n2N[C@H]1c1ccccc1. The number of fused-ring (bicyclic) bond motifs is 1. The van der Waals surface area contributed by atoms with Gasteiger partial charge in [0.05, 0.1) is 6.04 Å². The van der Waals surface area contributed by atoms with Gasteiger partial charge in [0.25, 0.3) is 0 Å². The van der Waals surface area contributed by atoms with Crippen LogP contribution in [0, 0.1) is 0 Å². The second-order valence-corrected chi connectivity index (χ2v) is 7.81. The summed E-state index contributed by atoms with van der Waals surface area (Å²) in [5.74, 6) is 0.705. The fourth-order valence-corrected chi connectivity index (χ4v) is 4.37. The molecule has 0 fully saturated rings. The molecular formula is C21H23N5O2S. The summed E-state index contributed by atoms with van der Waals surface area (Å²) in [7, 11) is 1.66. The first-order chi connectivity index (χ1) is 14.3. The number of nitrogens with zero attached hydrogens (tertiary/aromatic N) is 3. The van der Waals surface area contributed by atoms with Gasteiger partial charge in [0.15, 0.2) is 5.82 Å². The molecule has 0 radical (unpaired) electrons. The fourth-order valence-electron chi connectivity index (χ4n) is 3.27. The van der Waals surface area contributed by atoms with E-state index in [0.717, 1.165) is 23.4 Å². The van der Waals surface area contributed by atoms with Gasteiger partial charge >= 0.3 is 0 Å². The highest BCUT2D eigenvalue weighted by molar-refractivity contribution is 8.00. The lowest BCUT2D eigenvalue weighted by molar-refractivity contribution is -0.121. The number of hydrogen-bond acceptors (Lipinski definition) is 6. The molecule has 2 N–H and O–H groups in total. The molecule has 150 valence electrons. The summed E-state index contributed by atoms with van der Waals surface area (Å²) in [4.78, 5) is 13.0. The standard InChI is InChI=1S/C21H23N5O2S/c1-28-14-8-13-22-20(27)18-17(15-9-4-2-5-10-15)25-26-19(23-24-21(26)29-18)16-11-6-3-7-12-16/h2-7,9-12,17-18,25H,8,13-14H2,1H3,(H,22,27)/t17-,18-/m0/s1. The van der Waals surface area contributed by atoms with Crippen molar-refractivity contribution in [2.45, 2.75) is 22.9 Å². The Hall–Kier alpha value is -2.84. The Kier molecular flexibility index (Phi) is 6.12. The largest absolute Gasteiger partial charge is 0.385 e. The van der Waals surface area contributed by atoms with Crippen LogP contribution in [0.2, 0.25) is 0 Å². The molecule has 0 bridgehead atoms. The molecule has 0 saturated carbocycles. The number of hydrogen-bond donors (Lipinski definition) is 2. The molecule has 1 aromatic heterocycles. The predicted octanol–water partition coefficient (Wildman–Crippen LogP) is 2.86. The summed E-state index contributed by atoms with van der Waals surface area (Å²) >= 11 is 1.43. The van der Waals surface area contributed by atoms with E-state index in [1.807, 2.05) is 65.3 Å². The maximum atomic E-state index is 13.0. The maximum absolute atomic E-state index is 13.0. The van der Waals surface area contributed by atoms with Crippen molar-refractivity contribution in [2.24, 2.45) is 0 Å². The number of aromatic nitrogens is 3. The first-order valence-electron chi connectivity index (χ1n) is 9.53. The Morgan fingerprint density at radius 3 is 2.59 bits per heavy atom. The minimum atomic E-state index is -0.361. The van der Waals surface area contributed by atoms with Crippen molar-refractivity contribution in [1.29, 1.82) is 0 Å². The van der Waals surface area contributed by atoms with Crippen LogP contribution in [0.1, 0.15) is 18.0 Å². The van der Waals surface area contributed by atoms with E-state index in [2.05, 4.69) is 20.9 Å². The third kappa shape index (κ3) is 4.28. The zero-order valence-electron chi connectivity index (χ0n) is 16.1. The zero-order chi connectivity index (χ0) is 20.1. The number of benzene rings is 2. The van der Waals surface area contributed by atoms with E-state index in [-0.39, 0.29) is 17.2 Å². The second-order valence-electron chi connectivity index (χ2n) is 6.70. The van der Waals surface area contributed by atoms with Crippen molar-refractivity contribution >= 4 is 17.7 Å². The summed E-state index contributed by atoms with van der Waals surface area (Å²) in [5, 5.41) is 12.0. The number of rotatable bonds is 7. The molecule has 3 aromatic rings. The van der Waals surface area contributed by atoms with Crippen LogP contribution in [-0.4, -0.2) is 46.3 Å². The Morgan fingerprint density at radius 1 is 1.14 bits per heavy atom. The van der Waals surface area contributed by atoms with Gasteiger partial charge in [0.1, 0.15) is 5.25 Å². The van der Waals surface area contributed by atoms with Crippen LogP contribution >= 0.6 is 11.8 Å². The number of nitrogens with one attached hydrogen (secondary N) is 2. The van der Waals surface area contributed by atoms with Crippen molar-refractivity contribution in [3.05, 3.63) is 66.2 Å². The molecule has 8 heteroatoms. The van der Waals surface area contributed by atoms with Gasteiger partial charge in [-0.3, -0.25) is 4.79 Å². The van der Waals surface area contributed by atoms with Crippen LogP contribution in [-0.2, 0) is 9.53 Å². The summed E-state index contributed by atoms with van der Waals surface area (Å²) in [6.45, 7) is 1.19. The fraction of sp³-hybridized carbons (Fsp3) is 0.286. The quantitative estimate of drug-likeness (QED) is 0.584. The smallest absolute Gasteiger partial charge is 0.236 e.